The van der Waals surface area contributed by atoms with E-state index < -0.39 is 0 Å². The molecule has 2 N–H and O–H groups in total. The third-order valence-electron chi connectivity index (χ3n) is 3.77. The number of carbonyl (C=O) groups excluding carboxylic acids is 1. The summed E-state index contributed by atoms with van der Waals surface area (Å²) in [6.07, 6.45) is 1.10. The molecular formula is C15H23N3O2. The fraction of sp³-hybridized carbons (Fsp3) is 0.533. The molecule has 1 heterocycles. The Kier molecular flexibility index (Phi) is 4.49. The van der Waals surface area contributed by atoms with Gasteiger partial charge in [0, 0.05) is 31.2 Å². The van der Waals surface area contributed by atoms with Gasteiger partial charge in [-0.05, 0) is 38.6 Å². The van der Waals surface area contributed by atoms with Gasteiger partial charge in [0.25, 0.3) is 0 Å². The highest BCUT2D eigenvalue weighted by Crippen LogP contribution is 2.30. The molecule has 0 radical (unpaired) electrons. The average Bonchev–Trinajstić information content (AvgIpc) is 2.68. The van der Waals surface area contributed by atoms with Crippen LogP contribution >= 0.6 is 0 Å². The molecule has 0 saturated carbocycles. The summed E-state index contributed by atoms with van der Waals surface area (Å²) < 4.78 is 5.38. The van der Waals surface area contributed by atoms with Gasteiger partial charge in [0.2, 0.25) is 5.91 Å². The van der Waals surface area contributed by atoms with E-state index in [1.54, 1.807) is 7.11 Å². The van der Waals surface area contributed by atoms with E-state index in [9.17, 15) is 4.79 Å². The largest absolute Gasteiger partial charge is 0.495 e. The minimum atomic E-state index is -0.0738. The standard InChI is InChI=1S/C15H23N3O2/c1-10-7-13(9-18(10)3)17-14-8-12(16-11(2)19)5-6-15(14)20-4/h5-6,8,10,13,17H,7,9H2,1-4H3,(H,16,19). The van der Waals surface area contributed by atoms with Crippen molar-refractivity contribution in [3.63, 3.8) is 0 Å². The zero-order chi connectivity index (χ0) is 14.7. The molecule has 1 amide bonds. The van der Waals surface area contributed by atoms with Crippen LogP contribution in [0.25, 0.3) is 0 Å². The van der Waals surface area contributed by atoms with E-state index in [1.165, 1.54) is 6.92 Å². The van der Waals surface area contributed by atoms with Gasteiger partial charge in [-0.1, -0.05) is 0 Å². The van der Waals surface area contributed by atoms with Crippen molar-refractivity contribution < 1.29 is 9.53 Å². The summed E-state index contributed by atoms with van der Waals surface area (Å²) in [5.74, 6) is 0.719. The number of amides is 1. The van der Waals surface area contributed by atoms with E-state index in [1.807, 2.05) is 18.2 Å². The van der Waals surface area contributed by atoms with Crippen molar-refractivity contribution in [1.82, 2.24) is 4.90 Å². The SMILES string of the molecule is COc1ccc(NC(C)=O)cc1NC1CC(C)N(C)C1. The minimum Gasteiger partial charge on any atom is -0.495 e. The first-order valence-corrected chi connectivity index (χ1v) is 6.92. The third kappa shape index (κ3) is 3.42. The zero-order valence-corrected chi connectivity index (χ0v) is 12.6. The lowest BCUT2D eigenvalue weighted by atomic mass is 10.1. The molecule has 1 aromatic rings. The van der Waals surface area contributed by atoms with Crippen LogP contribution in [-0.4, -0.2) is 43.6 Å². The van der Waals surface area contributed by atoms with Gasteiger partial charge in [-0.3, -0.25) is 4.79 Å². The maximum atomic E-state index is 11.1. The molecule has 1 aliphatic heterocycles. The van der Waals surface area contributed by atoms with Crippen molar-refractivity contribution in [3.8, 4) is 5.75 Å². The molecule has 1 aromatic carbocycles. The van der Waals surface area contributed by atoms with Crippen LogP contribution in [0.5, 0.6) is 5.75 Å². The molecule has 0 spiro atoms. The van der Waals surface area contributed by atoms with E-state index in [2.05, 4.69) is 29.5 Å². The molecule has 5 nitrogen and oxygen atoms in total. The van der Waals surface area contributed by atoms with Crippen LogP contribution in [0.15, 0.2) is 18.2 Å². The first-order valence-electron chi connectivity index (χ1n) is 6.92. The highest BCUT2D eigenvalue weighted by molar-refractivity contribution is 5.89. The Hall–Kier alpha value is -1.75. The number of anilines is 2. The normalized spacial score (nSPS) is 22.6. The number of likely N-dealkylation sites (N-methyl/N-ethyl adjacent to an activating group) is 1. The second-order valence-corrected chi connectivity index (χ2v) is 5.46. The third-order valence-corrected chi connectivity index (χ3v) is 3.77. The predicted octanol–water partition coefficient (Wildman–Crippen LogP) is 2.16. The quantitative estimate of drug-likeness (QED) is 0.885. The second-order valence-electron chi connectivity index (χ2n) is 5.46. The molecule has 0 aromatic heterocycles. The van der Waals surface area contributed by atoms with Crippen molar-refractivity contribution in [1.29, 1.82) is 0 Å². The van der Waals surface area contributed by atoms with Gasteiger partial charge in [-0.25, -0.2) is 0 Å². The molecule has 1 saturated heterocycles. The number of rotatable bonds is 4. The highest BCUT2D eigenvalue weighted by atomic mass is 16.5. The van der Waals surface area contributed by atoms with Crippen LogP contribution in [0.3, 0.4) is 0 Å². The van der Waals surface area contributed by atoms with E-state index in [4.69, 9.17) is 4.74 Å². The number of methoxy groups -OCH3 is 1. The lowest BCUT2D eigenvalue weighted by Gasteiger charge is -2.18. The maximum absolute atomic E-state index is 11.1. The Balaban J connectivity index is 2.14. The van der Waals surface area contributed by atoms with Crippen molar-refractivity contribution in [2.24, 2.45) is 0 Å². The number of hydrogen-bond donors (Lipinski definition) is 2. The van der Waals surface area contributed by atoms with Gasteiger partial charge in [0.15, 0.2) is 0 Å². The second kappa shape index (κ2) is 6.13. The van der Waals surface area contributed by atoms with Crippen LogP contribution in [0.2, 0.25) is 0 Å². The molecule has 1 aliphatic rings. The summed E-state index contributed by atoms with van der Waals surface area (Å²) in [4.78, 5) is 13.5. The van der Waals surface area contributed by atoms with Gasteiger partial charge in [-0.2, -0.15) is 0 Å². The summed E-state index contributed by atoms with van der Waals surface area (Å²) in [5, 5.41) is 6.31. The number of carbonyl (C=O) groups is 1. The van der Waals surface area contributed by atoms with Crippen LogP contribution in [0.4, 0.5) is 11.4 Å². The average molecular weight is 277 g/mol. The summed E-state index contributed by atoms with van der Waals surface area (Å²) in [5.41, 5.74) is 1.70. The van der Waals surface area contributed by atoms with Gasteiger partial charge < -0.3 is 20.3 Å². The van der Waals surface area contributed by atoms with E-state index in [-0.39, 0.29) is 5.91 Å². The summed E-state index contributed by atoms with van der Waals surface area (Å²) in [7, 11) is 3.79. The zero-order valence-electron chi connectivity index (χ0n) is 12.6. The molecule has 2 atom stereocenters. The van der Waals surface area contributed by atoms with Crippen molar-refractivity contribution in [2.75, 3.05) is 31.3 Å². The van der Waals surface area contributed by atoms with E-state index in [0.717, 1.165) is 30.1 Å². The molecule has 1 fully saturated rings. The number of nitrogens with one attached hydrogen (secondary N) is 2. The lowest BCUT2D eigenvalue weighted by Crippen LogP contribution is -2.25. The summed E-state index contributed by atoms with van der Waals surface area (Å²) >= 11 is 0. The first kappa shape index (κ1) is 14.7. The van der Waals surface area contributed by atoms with Crippen LogP contribution in [-0.2, 0) is 4.79 Å². The number of ether oxygens (including phenoxy) is 1. The molecular weight excluding hydrogens is 254 g/mol. The smallest absolute Gasteiger partial charge is 0.221 e. The number of benzene rings is 1. The number of likely N-dealkylation sites (tertiary alicyclic amines) is 1. The molecule has 0 aliphatic carbocycles. The Morgan fingerprint density at radius 2 is 2.20 bits per heavy atom. The Morgan fingerprint density at radius 3 is 2.75 bits per heavy atom. The first-order chi connectivity index (χ1) is 9.49. The molecule has 0 bridgehead atoms. The lowest BCUT2D eigenvalue weighted by molar-refractivity contribution is -0.114. The maximum Gasteiger partial charge on any atom is 0.221 e. The molecule has 5 heteroatoms. The van der Waals surface area contributed by atoms with Crippen LogP contribution in [0.1, 0.15) is 20.3 Å². The number of nitrogens with zero attached hydrogens (tertiary/aromatic N) is 1. The van der Waals surface area contributed by atoms with Crippen LogP contribution in [0, 0.1) is 0 Å². The monoisotopic (exact) mass is 277 g/mol. The highest BCUT2D eigenvalue weighted by Gasteiger charge is 2.26. The fourth-order valence-electron chi connectivity index (χ4n) is 2.62. The van der Waals surface area contributed by atoms with Crippen molar-refractivity contribution in [2.45, 2.75) is 32.4 Å². The van der Waals surface area contributed by atoms with Crippen LogP contribution < -0.4 is 15.4 Å². The van der Waals surface area contributed by atoms with Gasteiger partial charge in [0.05, 0.1) is 12.8 Å². The minimum absolute atomic E-state index is 0.0738. The Labute approximate surface area is 120 Å². The molecule has 20 heavy (non-hydrogen) atoms. The Morgan fingerprint density at radius 1 is 1.45 bits per heavy atom. The predicted molar refractivity (Wildman–Crippen MR) is 81.4 cm³/mol. The fourth-order valence-corrected chi connectivity index (χ4v) is 2.62. The van der Waals surface area contributed by atoms with E-state index in [0.29, 0.717) is 12.1 Å². The van der Waals surface area contributed by atoms with Crippen molar-refractivity contribution in [3.05, 3.63) is 18.2 Å². The topological polar surface area (TPSA) is 53.6 Å². The summed E-state index contributed by atoms with van der Waals surface area (Å²) in [6.45, 7) is 4.74. The number of hydrogen-bond acceptors (Lipinski definition) is 4. The van der Waals surface area contributed by atoms with Crippen molar-refractivity contribution >= 4 is 17.3 Å². The molecule has 2 unspecified atom stereocenters. The van der Waals surface area contributed by atoms with E-state index >= 15 is 0 Å². The molecule has 2 rings (SSSR count). The van der Waals surface area contributed by atoms with Gasteiger partial charge in [0.1, 0.15) is 5.75 Å². The van der Waals surface area contributed by atoms with Gasteiger partial charge >= 0.3 is 0 Å². The molecule has 110 valence electrons. The summed E-state index contributed by atoms with van der Waals surface area (Å²) in [6, 6.07) is 6.61. The Bertz CT molecular complexity index is 480. The van der Waals surface area contributed by atoms with Gasteiger partial charge in [-0.15, -0.1) is 0 Å².